The molecule has 1 aromatic carbocycles. The summed E-state index contributed by atoms with van der Waals surface area (Å²) >= 11 is 3.93. The molecule has 0 saturated carbocycles. The molecule has 2 unspecified atom stereocenters. The van der Waals surface area contributed by atoms with E-state index >= 15 is 0 Å². The Hall–Kier alpha value is 0.137. The summed E-state index contributed by atoms with van der Waals surface area (Å²) in [4.78, 5) is 22.3. The van der Waals surface area contributed by atoms with Gasteiger partial charge in [-0.1, -0.05) is 207 Å². The molecule has 0 fully saturated rings. The van der Waals surface area contributed by atoms with Gasteiger partial charge in [0, 0.05) is 0 Å². The fraction of sp³-hybridized carbons (Fsp3) is 0.750. The Kier molecular flexibility index (Phi) is 35.1. The third kappa shape index (κ3) is 25.4. The van der Waals surface area contributed by atoms with Crippen LogP contribution in [0.15, 0.2) is 36.4 Å². The Morgan fingerprint density at radius 1 is 0.308 bits per heavy atom. The normalized spacial score (nSPS) is 13.3. The van der Waals surface area contributed by atoms with E-state index in [1.54, 1.807) is 56.6 Å². The molecular formula is C72H122S4Sn2. The molecule has 0 aliphatic rings. The van der Waals surface area contributed by atoms with Gasteiger partial charge < -0.3 is 0 Å². The van der Waals surface area contributed by atoms with Crippen molar-refractivity contribution in [2.75, 3.05) is 0 Å². The van der Waals surface area contributed by atoms with Gasteiger partial charge in [-0.2, -0.15) is 0 Å². The van der Waals surface area contributed by atoms with Crippen LogP contribution in [0.2, 0.25) is 29.6 Å². The topological polar surface area (TPSA) is 0 Å². The van der Waals surface area contributed by atoms with Gasteiger partial charge in [0.1, 0.15) is 0 Å². The van der Waals surface area contributed by atoms with Gasteiger partial charge >= 0.3 is 306 Å². The second-order valence-electron chi connectivity index (χ2n) is 27.1. The van der Waals surface area contributed by atoms with Crippen molar-refractivity contribution >= 4 is 108 Å². The number of unbranched alkanes of at least 4 members (excludes halogenated alkanes) is 32. The fourth-order valence-corrected chi connectivity index (χ4v) is 27.9. The van der Waals surface area contributed by atoms with Crippen molar-refractivity contribution in [3.63, 3.8) is 0 Å². The average molecular weight is 1350 g/mol. The van der Waals surface area contributed by atoms with E-state index in [4.69, 9.17) is 0 Å². The monoisotopic (exact) mass is 1350 g/mol. The van der Waals surface area contributed by atoms with Crippen molar-refractivity contribution in [1.29, 1.82) is 0 Å². The summed E-state index contributed by atoms with van der Waals surface area (Å²) in [6.07, 6.45) is 59.7. The van der Waals surface area contributed by atoms with Crippen LogP contribution in [0, 0.1) is 11.8 Å². The van der Waals surface area contributed by atoms with Crippen LogP contribution in [0.3, 0.4) is 0 Å². The van der Waals surface area contributed by atoms with Crippen LogP contribution >= 0.6 is 45.3 Å². The van der Waals surface area contributed by atoms with Gasteiger partial charge in [0.05, 0.1) is 0 Å². The first kappa shape index (κ1) is 68.9. The van der Waals surface area contributed by atoms with Crippen LogP contribution in [0.4, 0.5) is 0 Å². The maximum atomic E-state index is 2.75. The van der Waals surface area contributed by atoms with E-state index in [1.165, 1.54) is 270 Å². The first-order valence-electron chi connectivity index (χ1n) is 34.1. The van der Waals surface area contributed by atoms with E-state index in [2.05, 4.69) is 139 Å². The number of fused-ring (bicyclic) bond motifs is 2. The van der Waals surface area contributed by atoms with E-state index in [0.717, 1.165) is 11.8 Å². The zero-order chi connectivity index (χ0) is 55.9. The number of hydrogen-bond acceptors (Lipinski definition) is 4. The van der Waals surface area contributed by atoms with Gasteiger partial charge in [-0.05, 0) is 0 Å². The third-order valence-electron chi connectivity index (χ3n) is 17.6. The van der Waals surface area contributed by atoms with Crippen LogP contribution in [-0.4, -0.2) is 36.8 Å². The van der Waals surface area contributed by atoms with E-state index in [9.17, 15) is 0 Å². The van der Waals surface area contributed by atoms with E-state index in [0.29, 0.717) is 0 Å². The van der Waals surface area contributed by atoms with Crippen LogP contribution < -0.4 is 5.79 Å². The fourth-order valence-electron chi connectivity index (χ4n) is 12.5. The quantitative estimate of drug-likeness (QED) is 0.0269. The molecule has 78 heavy (non-hydrogen) atoms. The first-order chi connectivity index (χ1) is 37.9. The summed E-state index contributed by atoms with van der Waals surface area (Å²) in [6.45, 7) is 9.36. The number of hydrogen-bond donors (Lipinski definition) is 0. The minimum atomic E-state index is -2.43. The molecule has 0 saturated heterocycles. The molecule has 0 aliphatic heterocycles. The van der Waals surface area contributed by atoms with E-state index < -0.39 is 36.8 Å². The van der Waals surface area contributed by atoms with Crippen molar-refractivity contribution in [2.45, 2.75) is 327 Å². The molecule has 0 radical (unpaired) electrons. The molecular weight excluding hydrogens is 1230 g/mol. The molecule has 0 spiro atoms. The molecule has 0 nitrogen and oxygen atoms in total. The standard InChI is InChI=1S/C66H104S4.6CH3.2Sn/c1-5-9-13-17-21-25-27-31-35-39-43-55(41-37-33-29-23-19-15-11-7-3)53-57-45-47-61(69-57)63-59-49-51-68-66(59)64(60-50-52-67-65(60)63)62-48-46-58(70-62)54-56(42-38-34-30-24-20-16-12-8-4)44-40-36-32-28-26-22-18-14-10-6-2;;;;;;;;/h45-50,55-56H,5-44,53-54H2,1-4H3;6*1H3;;. The van der Waals surface area contributed by atoms with Crippen LogP contribution in [0.25, 0.3) is 41.1 Å². The molecule has 4 heterocycles. The van der Waals surface area contributed by atoms with Crippen molar-refractivity contribution in [3.05, 3.63) is 46.2 Å². The summed E-state index contributed by atoms with van der Waals surface area (Å²) < 4.78 is 6.69. The third-order valence-corrected chi connectivity index (χ3v) is 41.0. The second-order valence-corrected chi connectivity index (χ2v) is 62.4. The summed E-state index contributed by atoms with van der Waals surface area (Å²) in [7, 11) is 0. The maximum absolute atomic E-state index is 2.75. The van der Waals surface area contributed by atoms with Gasteiger partial charge in [0.2, 0.25) is 0 Å². The molecule has 0 bridgehead atoms. The molecule has 2 atom stereocenters. The Bertz CT molecular complexity index is 2080. The Balaban J connectivity index is 1.39. The van der Waals surface area contributed by atoms with Crippen molar-refractivity contribution in [1.82, 2.24) is 0 Å². The number of thiophene rings is 4. The zero-order valence-electron chi connectivity index (χ0n) is 53.0. The minimum absolute atomic E-state index is 0.821. The van der Waals surface area contributed by atoms with E-state index in [1.807, 2.05) is 0 Å². The van der Waals surface area contributed by atoms with Crippen LogP contribution in [0.1, 0.15) is 294 Å². The Morgan fingerprint density at radius 2 is 0.551 bits per heavy atom. The van der Waals surface area contributed by atoms with Gasteiger partial charge in [0.15, 0.2) is 0 Å². The molecule has 0 amide bonds. The molecule has 4 aromatic heterocycles. The number of rotatable bonds is 48. The van der Waals surface area contributed by atoms with Crippen molar-refractivity contribution in [2.24, 2.45) is 11.8 Å². The Morgan fingerprint density at radius 3 is 0.795 bits per heavy atom. The second kappa shape index (κ2) is 39.7. The predicted octanol–water partition coefficient (Wildman–Crippen LogP) is 26.7. The summed E-state index contributed by atoms with van der Waals surface area (Å²) in [5.74, 6) is 1.64. The van der Waals surface area contributed by atoms with E-state index in [-0.39, 0.29) is 0 Å². The molecule has 6 heteroatoms. The molecule has 0 N–H and O–H groups in total. The SMILES string of the molecule is CCCCCCCCCCCCC(CCCCCCCCCC)Cc1ccc(-c2c3c[c]([Sn]([CH3])([CH3])[CH3])sc3c(-c3ccc(CC(CCCCCCCCCC)CCCCCCCCCCCC)s3)c3c[c]([Sn]([CH3])([CH3])[CH3])sc23)s1. The predicted molar refractivity (Wildman–Crippen MR) is 372 cm³/mol. The molecule has 5 rings (SSSR count). The van der Waals surface area contributed by atoms with Gasteiger partial charge in [-0.15, -0.1) is 0 Å². The van der Waals surface area contributed by atoms with Crippen LogP contribution in [-0.2, 0) is 12.8 Å². The van der Waals surface area contributed by atoms with Crippen LogP contribution in [0.5, 0.6) is 0 Å². The van der Waals surface area contributed by atoms with Gasteiger partial charge in [0.25, 0.3) is 0 Å². The zero-order valence-corrected chi connectivity index (χ0v) is 61.9. The summed E-state index contributed by atoms with van der Waals surface area (Å²) in [5, 5.41) is 3.17. The molecule has 5 aromatic rings. The van der Waals surface area contributed by atoms with Crippen molar-refractivity contribution in [3.8, 4) is 20.9 Å². The summed E-state index contributed by atoms with van der Waals surface area (Å²) in [6, 6.07) is 15.9. The first-order valence-corrected chi connectivity index (χ1v) is 57.3. The molecule has 0 aliphatic carbocycles. The van der Waals surface area contributed by atoms with Gasteiger partial charge in [-0.3, -0.25) is 0 Å². The van der Waals surface area contributed by atoms with Gasteiger partial charge in [-0.25, -0.2) is 0 Å². The summed E-state index contributed by atoms with van der Waals surface area (Å²) in [5.41, 5.74) is 3.19. The molecule has 442 valence electrons. The Labute approximate surface area is 508 Å². The van der Waals surface area contributed by atoms with Crippen molar-refractivity contribution < 1.29 is 0 Å². The average Bonchev–Trinajstić information content (AvgIpc) is 4.41. The number of benzene rings is 1.